The molecule has 2 aromatic heterocycles. The molecule has 0 spiro atoms. The van der Waals surface area contributed by atoms with Crippen molar-refractivity contribution in [3.8, 4) is 56.4 Å². The van der Waals surface area contributed by atoms with Gasteiger partial charge in [-0.05, 0) is 0 Å². The van der Waals surface area contributed by atoms with Gasteiger partial charge in [-0.3, -0.25) is 0 Å². The van der Waals surface area contributed by atoms with Gasteiger partial charge in [0, 0.05) is 0 Å². The second kappa shape index (κ2) is 10.9. The van der Waals surface area contributed by atoms with Gasteiger partial charge in [0.05, 0.1) is 0 Å². The van der Waals surface area contributed by atoms with Crippen LogP contribution in [0.2, 0.25) is 0 Å². The Balaban J connectivity index is 1.37. The number of nitrogens with zero attached hydrogens (tertiary/aromatic N) is 3. The summed E-state index contributed by atoms with van der Waals surface area (Å²) in [6, 6.07) is 33.7. The molecule has 3 nitrogen and oxygen atoms in total. The normalized spacial score (nSPS) is 13.5. The number of rotatable bonds is 5. The van der Waals surface area contributed by atoms with E-state index in [4.69, 9.17) is 24.5 Å². The summed E-state index contributed by atoms with van der Waals surface area (Å²) in [5.41, 5.74) is 5.86. The Hall–Kier alpha value is -5.15. The van der Waals surface area contributed by atoms with Gasteiger partial charge in [0.1, 0.15) is 0 Å². The van der Waals surface area contributed by atoms with E-state index in [0.717, 1.165) is 33.4 Å². The zero-order valence-corrected chi connectivity index (χ0v) is 24.4. The molecule has 43 heavy (non-hydrogen) atoms. The van der Waals surface area contributed by atoms with Crippen molar-refractivity contribution in [3.05, 3.63) is 151 Å². The first-order chi connectivity index (χ1) is 24.2. The van der Waals surface area contributed by atoms with Crippen LogP contribution in [0.4, 0.5) is 0 Å². The summed E-state index contributed by atoms with van der Waals surface area (Å²) in [7, 11) is 0. The fourth-order valence-electron chi connectivity index (χ4n) is 5.12. The fraction of sp³-hybridized carbons (Fsp3) is 0. The van der Waals surface area contributed by atoms with E-state index in [1.807, 2.05) is 109 Å². The van der Waals surface area contributed by atoms with Crippen molar-refractivity contribution in [2.75, 3.05) is 0 Å². The Morgan fingerprint density at radius 1 is 0.419 bits per heavy atom. The average Bonchev–Trinajstić information content (AvgIpc) is 3.57. The van der Waals surface area contributed by atoms with E-state index in [2.05, 4.69) is 0 Å². The fourth-order valence-corrected chi connectivity index (χ4v) is 7.34. The summed E-state index contributed by atoms with van der Waals surface area (Å²) >= 11 is -0.711. The van der Waals surface area contributed by atoms with Gasteiger partial charge in [0.15, 0.2) is 0 Å². The number of fused-ring (bicyclic) bond motifs is 3. The third kappa shape index (κ3) is 4.87. The van der Waals surface area contributed by atoms with Crippen LogP contribution in [0.5, 0.6) is 0 Å². The van der Waals surface area contributed by atoms with Gasteiger partial charge < -0.3 is 0 Å². The van der Waals surface area contributed by atoms with Crippen molar-refractivity contribution in [1.29, 1.82) is 0 Å². The predicted molar refractivity (Wildman–Crippen MR) is 179 cm³/mol. The molecule has 0 unspecified atom stereocenters. The first-order valence-electron chi connectivity index (χ1n) is 17.2. The first-order valence-corrected chi connectivity index (χ1v) is 15.4. The minimum absolute atomic E-state index is 0.143. The monoisotopic (exact) mass is 622 g/mol. The van der Waals surface area contributed by atoms with Gasteiger partial charge in [-0.2, -0.15) is 0 Å². The van der Waals surface area contributed by atoms with Gasteiger partial charge in [-0.25, -0.2) is 0 Å². The SMILES string of the molecule is [2H]c1c([2H])c([2H])c2c([se]c3c(-c4nc(-c5ccc(-c6ccccc6)cc5)nc(-c5ccc(-c6ccccc6)cc5)n4)c([2H])c([2H])c([2H])c32)c1[2H]. The molecule has 0 atom stereocenters. The van der Waals surface area contributed by atoms with Crippen LogP contribution in [0, 0.1) is 0 Å². The van der Waals surface area contributed by atoms with Crippen molar-refractivity contribution in [1.82, 2.24) is 15.0 Å². The number of hydrogen-bond acceptors (Lipinski definition) is 3. The molecule has 4 heteroatoms. The van der Waals surface area contributed by atoms with E-state index >= 15 is 0 Å². The molecule has 6 aromatic carbocycles. The van der Waals surface area contributed by atoms with Gasteiger partial charge in [0.2, 0.25) is 0 Å². The second-order valence-corrected chi connectivity index (χ2v) is 12.1. The molecule has 0 aliphatic heterocycles. The Labute approximate surface area is 265 Å². The summed E-state index contributed by atoms with van der Waals surface area (Å²) in [4.78, 5) is 14.6. The molecular weight excluding hydrogens is 589 g/mol. The first kappa shape index (κ1) is 19.1. The average molecular weight is 622 g/mol. The van der Waals surface area contributed by atoms with Crippen LogP contribution in [-0.2, 0) is 0 Å². The van der Waals surface area contributed by atoms with Gasteiger partial charge in [0.25, 0.3) is 0 Å². The third-order valence-corrected chi connectivity index (χ3v) is 9.65. The molecular formula is C39H25N3Se. The maximum absolute atomic E-state index is 9.07. The molecule has 0 bridgehead atoms. The topological polar surface area (TPSA) is 38.7 Å². The van der Waals surface area contributed by atoms with Crippen LogP contribution in [0.25, 0.3) is 75.7 Å². The van der Waals surface area contributed by atoms with Gasteiger partial charge >= 0.3 is 254 Å². The van der Waals surface area contributed by atoms with Gasteiger partial charge in [-0.15, -0.1) is 0 Å². The van der Waals surface area contributed by atoms with Gasteiger partial charge in [-0.1, -0.05) is 12.1 Å². The molecule has 0 radical (unpaired) electrons. The number of aromatic nitrogens is 3. The van der Waals surface area contributed by atoms with Crippen LogP contribution in [0.1, 0.15) is 9.60 Å². The molecule has 8 aromatic rings. The Kier molecular flexibility index (Phi) is 4.86. The second-order valence-electron chi connectivity index (χ2n) is 9.95. The molecule has 0 N–H and O–H groups in total. The van der Waals surface area contributed by atoms with Crippen LogP contribution < -0.4 is 0 Å². The zero-order chi connectivity index (χ0) is 34.7. The van der Waals surface area contributed by atoms with Crippen LogP contribution in [-0.4, -0.2) is 29.5 Å². The molecule has 0 saturated carbocycles. The summed E-state index contributed by atoms with van der Waals surface area (Å²) in [6.45, 7) is 0. The van der Waals surface area contributed by atoms with Crippen molar-refractivity contribution in [2.45, 2.75) is 0 Å². The molecule has 8 rings (SSSR count). The molecule has 0 amide bonds. The summed E-state index contributed by atoms with van der Waals surface area (Å²) in [6.07, 6.45) is 0. The van der Waals surface area contributed by atoms with E-state index in [1.54, 1.807) is 0 Å². The van der Waals surface area contributed by atoms with Crippen LogP contribution in [0.15, 0.2) is 151 Å². The summed E-state index contributed by atoms with van der Waals surface area (Å²) in [5, 5.41) is 0.458. The van der Waals surface area contributed by atoms with E-state index in [0.29, 0.717) is 20.2 Å². The molecule has 0 aliphatic carbocycles. The standard InChI is InChI=1S/C39H25N3Se/c1-3-10-26(11-4-1)28-18-22-30(23-19-28)37-40-38(31-24-20-29(21-25-31)27-12-5-2-6-13-27)42-39(41-37)34-16-9-15-33-32-14-7-8-17-35(32)43-36(33)34/h1-25H/i7D,8D,9D,14D,15D,16D,17D. The summed E-state index contributed by atoms with van der Waals surface area (Å²) < 4.78 is 61.4. The Morgan fingerprint density at radius 3 is 1.47 bits per heavy atom. The molecule has 2 heterocycles. The molecule has 0 fully saturated rings. The number of benzene rings is 6. The third-order valence-electron chi connectivity index (χ3n) is 7.30. The Morgan fingerprint density at radius 2 is 0.884 bits per heavy atom. The number of hydrogen-bond donors (Lipinski definition) is 0. The quantitative estimate of drug-likeness (QED) is 0.180. The predicted octanol–water partition coefficient (Wildman–Crippen LogP) is 9.57. The molecule has 202 valence electrons. The van der Waals surface area contributed by atoms with Crippen LogP contribution >= 0.6 is 0 Å². The summed E-state index contributed by atoms with van der Waals surface area (Å²) in [5.74, 6) is 0.862. The van der Waals surface area contributed by atoms with E-state index in [-0.39, 0.29) is 58.4 Å². The minimum atomic E-state index is -0.711. The zero-order valence-electron chi connectivity index (χ0n) is 29.6. The van der Waals surface area contributed by atoms with E-state index in [9.17, 15) is 0 Å². The van der Waals surface area contributed by atoms with Crippen molar-refractivity contribution < 1.29 is 9.60 Å². The van der Waals surface area contributed by atoms with Crippen LogP contribution in [0.3, 0.4) is 0 Å². The van der Waals surface area contributed by atoms with Crippen molar-refractivity contribution in [2.24, 2.45) is 0 Å². The molecule has 0 saturated heterocycles. The Bertz CT molecular complexity index is 2490. The maximum atomic E-state index is 9.07. The van der Waals surface area contributed by atoms with Crippen molar-refractivity contribution in [3.63, 3.8) is 0 Å². The van der Waals surface area contributed by atoms with E-state index in [1.165, 1.54) is 0 Å². The van der Waals surface area contributed by atoms with E-state index < -0.39 is 20.5 Å². The van der Waals surface area contributed by atoms with Crippen molar-refractivity contribution >= 4 is 33.8 Å². The molecule has 0 aliphatic rings.